The van der Waals surface area contributed by atoms with E-state index in [4.69, 9.17) is 4.74 Å². The SMILES string of the molecule is COc1ccn2c3c(c(C)c2c1)C(N(C)C)CCC3.Cl. The molecule has 110 valence electrons. The van der Waals surface area contributed by atoms with Gasteiger partial charge in [-0.25, -0.2) is 0 Å². The Morgan fingerprint density at radius 2 is 2.10 bits per heavy atom. The molecule has 0 radical (unpaired) electrons. The molecule has 4 heteroatoms. The maximum atomic E-state index is 5.36. The Morgan fingerprint density at radius 1 is 1.35 bits per heavy atom. The van der Waals surface area contributed by atoms with Gasteiger partial charge in [-0.05, 0) is 57.5 Å². The molecule has 0 aromatic carbocycles. The summed E-state index contributed by atoms with van der Waals surface area (Å²) in [7, 11) is 6.09. The van der Waals surface area contributed by atoms with Crippen molar-refractivity contribution in [2.75, 3.05) is 21.2 Å². The summed E-state index contributed by atoms with van der Waals surface area (Å²) in [6.07, 6.45) is 5.86. The van der Waals surface area contributed by atoms with E-state index in [0.29, 0.717) is 6.04 Å². The summed E-state index contributed by atoms with van der Waals surface area (Å²) >= 11 is 0. The second-order valence-corrected chi connectivity index (χ2v) is 5.68. The summed E-state index contributed by atoms with van der Waals surface area (Å²) in [5.41, 5.74) is 5.72. The molecular weight excluding hydrogens is 272 g/mol. The van der Waals surface area contributed by atoms with Crippen LogP contribution in [0.1, 0.15) is 35.7 Å². The van der Waals surface area contributed by atoms with Crippen LogP contribution in [0.5, 0.6) is 5.75 Å². The minimum atomic E-state index is 0. The first kappa shape index (κ1) is 15.2. The number of hydrogen-bond donors (Lipinski definition) is 0. The lowest BCUT2D eigenvalue weighted by molar-refractivity contribution is 0.267. The van der Waals surface area contributed by atoms with Crippen LogP contribution in [0.3, 0.4) is 0 Å². The van der Waals surface area contributed by atoms with E-state index in [2.05, 4.69) is 42.6 Å². The topological polar surface area (TPSA) is 16.9 Å². The van der Waals surface area contributed by atoms with Crippen LogP contribution in [0.2, 0.25) is 0 Å². The number of nitrogens with zero attached hydrogens (tertiary/aromatic N) is 2. The number of pyridine rings is 1. The fourth-order valence-electron chi connectivity index (χ4n) is 3.44. The summed E-state index contributed by atoms with van der Waals surface area (Å²) in [5.74, 6) is 0.937. The predicted molar refractivity (Wildman–Crippen MR) is 85.3 cm³/mol. The largest absolute Gasteiger partial charge is 0.497 e. The van der Waals surface area contributed by atoms with Gasteiger partial charge in [-0.15, -0.1) is 12.4 Å². The number of methoxy groups -OCH3 is 1. The second-order valence-electron chi connectivity index (χ2n) is 5.68. The monoisotopic (exact) mass is 294 g/mol. The number of hydrogen-bond acceptors (Lipinski definition) is 2. The summed E-state index contributed by atoms with van der Waals surface area (Å²) < 4.78 is 7.71. The second kappa shape index (κ2) is 5.66. The molecule has 0 N–H and O–H groups in total. The number of aryl methyl sites for hydroxylation is 2. The molecule has 1 atom stereocenters. The molecule has 20 heavy (non-hydrogen) atoms. The molecule has 1 aliphatic rings. The lowest BCUT2D eigenvalue weighted by Crippen LogP contribution is -2.24. The Kier molecular flexibility index (Phi) is 4.31. The standard InChI is InChI=1S/C16H22N2O.ClH/c1-11-15-10-12(19-4)8-9-18(15)14-7-5-6-13(16(11)14)17(2)3;/h8-10,13H,5-7H2,1-4H3;1H. The van der Waals surface area contributed by atoms with Crippen molar-refractivity contribution in [3.63, 3.8) is 0 Å². The molecule has 2 aromatic heterocycles. The maximum absolute atomic E-state index is 5.36. The van der Waals surface area contributed by atoms with E-state index in [-0.39, 0.29) is 12.4 Å². The van der Waals surface area contributed by atoms with E-state index in [1.54, 1.807) is 7.11 Å². The highest BCUT2D eigenvalue weighted by Crippen LogP contribution is 2.39. The molecule has 1 unspecified atom stereocenters. The highest BCUT2D eigenvalue weighted by atomic mass is 35.5. The van der Waals surface area contributed by atoms with E-state index in [0.717, 1.165) is 5.75 Å². The maximum Gasteiger partial charge on any atom is 0.122 e. The number of halogens is 1. The first-order valence-electron chi connectivity index (χ1n) is 6.97. The predicted octanol–water partition coefficient (Wildman–Crippen LogP) is 3.62. The summed E-state index contributed by atoms with van der Waals surface area (Å²) in [4.78, 5) is 2.35. The number of ether oxygens (including phenoxy) is 1. The molecule has 0 fully saturated rings. The van der Waals surface area contributed by atoms with Gasteiger partial charge >= 0.3 is 0 Å². The zero-order chi connectivity index (χ0) is 13.6. The van der Waals surface area contributed by atoms with Crippen LogP contribution >= 0.6 is 12.4 Å². The Morgan fingerprint density at radius 3 is 2.75 bits per heavy atom. The van der Waals surface area contributed by atoms with E-state index < -0.39 is 0 Å². The fraction of sp³-hybridized carbons (Fsp3) is 0.500. The third-order valence-electron chi connectivity index (χ3n) is 4.40. The van der Waals surface area contributed by atoms with Crippen LogP contribution in [-0.2, 0) is 6.42 Å². The van der Waals surface area contributed by atoms with Crippen molar-refractivity contribution in [1.82, 2.24) is 9.30 Å². The van der Waals surface area contributed by atoms with Crippen LogP contribution in [0.4, 0.5) is 0 Å². The molecular formula is C16H23ClN2O. The number of rotatable bonds is 2. The van der Waals surface area contributed by atoms with Crippen LogP contribution in [0, 0.1) is 6.92 Å². The molecule has 3 rings (SSSR count). The third-order valence-corrected chi connectivity index (χ3v) is 4.40. The van der Waals surface area contributed by atoms with Crippen molar-refractivity contribution in [2.45, 2.75) is 32.2 Å². The molecule has 0 aliphatic heterocycles. The molecule has 2 aromatic rings. The normalized spacial score (nSPS) is 17.9. The van der Waals surface area contributed by atoms with Gasteiger partial charge in [-0.2, -0.15) is 0 Å². The van der Waals surface area contributed by atoms with Gasteiger partial charge in [0.25, 0.3) is 0 Å². The van der Waals surface area contributed by atoms with Crippen LogP contribution in [0.25, 0.3) is 5.52 Å². The Bertz CT molecular complexity index is 618. The van der Waals surface area contributed by atoms with Gasteiger partial charge in [0.05, 0.1) is 12.6 Å². The average Bonchev–Trinajstić information content (AvgIpc) is 2.72. The van der Waals surface area contributed by atoms with Crippen molar-refractivity contribution in [2.24, 2.45) is 0 Å². The molecule has 2 heterocycles. The fourth-order valence-corrected chi connectivity index (χ4v) is 3.44. The summed E-state index contributed by atoms with van der Waals surface area (Å²) in [6.45, 7) is 2.25. The summed E-state index contributed by atoms with van der Waals surface area (Å²) in [5, 5.41) is 0. The van der Waals surface area contributed by atoms with Crippen molar-refractivity contribution in [1.29, 1.82) is 0 Å². The van der Waals surface area contributed by atoms with Crippen molar-refractivity contribution in [3.05, 3.63) is 35.2 Å². The Balaban J connectivity index is 0.00000147. The van der Waals surface area contributed by atoms with E-state index in [1.165, 1.54) is 41.6 Å². The summed E-state index contributed by atoms with van der Waals surface area (Å²) in [6, 6.07) is 4.75. The molecule has 0 saturated carbocycles. The lowest BCUT2D eigenvalue weighted by atomic mass is 9.89. The molecule has 0 bridgehead atoms. The van der Waals surface area contributed by atoms with E-state index in [9.17, 15) is 0 Å². The average molecular weight is 295 g/mol. The Hall–Kier alpha value is -1.19. The Labute approximate surface area is 126 Å². The third kappa shape index (κ3) is 2.19. The first-order chi connectivity index (χ1) is 9.13. The van der Waals surface area contributed by atoms with Gasteiger partial charge in [0, 0.05) is 24.0 Å². The van der Waals surface area contributed by atoms with Gasteiger partial charge in [0.1, 0.15) is 5.75 Å². The molecule has 0 spiro atoms. The van der Waals surface area contributed by atoms with Crippen LogP contribution in [-0.4, -0.2) is 30.5 Å². The van der Waals surface area contributed by atoms with E-state index in [1.807, 2.05) is 6.07 Å². The highest BCUT2D eigenvalue weighted by Gasteiger charge is 2.27. The van der Waals surface area contributed by atoms with Crippen molar-refractivity contribution >= 4 is 17.9 Å². The van der Waals surface area contributed by atoms with Crippen LogP contribution in [0.15, 0.2) is 18.3 Å². The minimum absolute atomic E-state index is 0. The molecule has 0 saturated heterocycles. The van der Waals surface area contributed by atoms with Crippen molar-refractivity contribution in [3.8, 4) is 5.75 Å². The first-order valence-corrected chi connectivity index (χ1v) is 6.97. The quantitative estimate of drug-likeness (QED) is 0.841. The smallest absolute Gasteiger partial charge is 0.122 e. The zero-order valence-corrected chi connectivity index (χ0v) is 13.5. The minimum Gasteiger partial charge on any atom is -0.497 e. The number of fused-ring (bicyclic) bond motifs is 3. The van der Waals surface area contributed by atoms with Gasteiger partial charge in [-0.1, -0.05) is 0 Å². The van der Waals surface area contributed by atoms with Gasteiger partial charge in [-0.3, -0.25) is 0 Å². The van der Waals surface area contributed by atoms with Gasteiger partial charge in [0.2, 0.25) is 0 Å². The lowest BCUT2D eigenvalue weighted by Gasteiger charge is -2.29. The van der Waals surface area contributed by atoms with Crippen LogP contribution < -0.4 is 4.74 Å². The molecule has 3 nitrogen and oxygen atoms in total. The highest BCUT2D eigenvalue weighted by molar-refractivity contribution is 5.85. The van der Waals surface area contributed by atoms with E-state index >= 15 is 0 Å². The zero-order valence-electron chi connectivity index (χ0n) is 12.6. The number of aromatic nitrogens is 1. The van der Waals surface area contributed by atoms with Gasteiger partial charge < -0.3 is 14.0 Å². The molecule has 0 amide bonds. The van der Waals surface area contributed by atoms with Crippen molar-refractivity contribution < 1.29 is 4.74 Å². The van der Waals surface area contributed by atoms with Gasteiger partial charge in [0.15, 0.2) is 0 Å². The molecule has 1 aliphatic carbocycles.